The van der Waals surface area contributed by atoms with Gasteiger partial charge in [0, 0.05) is 11.9 Å². The normalized spacial score (nSPS) is 10.1. The first-order valence-electron chi connectivity index (χ1n) is 4.69. The highest BCUT2D eigenvalue weighted by atomic mass is 35.5. The Morgan fingerprint density at radius 2 is 2.40 bits per heavy atom. The van der Waals surface area contributed by atoms with Gasteiger partial charge in [-0.05, 0) is 13.8 Å². The average molecular weight is 249 g/mol. The van der Waals surface area contributed by atoms with E-state index in [-0.39, 0.29) is 12.5 Å². The van der Waals surface area contributed by atoms with Crippen molar-refractivity contribution in [1.82, 2.24) is 4.98 Å². The molecule has 0 bridgehead atoms. The second-order valence-corrected chi connectivity index (χ2v) is 4.00. The van der Waals surface area contributed by atoms with Gasteiger partial charge in [0.05, 0.1) is 6.61 Å². The molecule has 0 N–H and O–H groups in total. The summed E-state index contributed by atoms with van der Waals surface area (Å²) in [5.74, 6) is -0.245. The first-order valence-corrected chi connectivity index (χ1v) is 5.94. The van der Waals surface area contributed by atoms with Crippen molar-refractivity contribution in [3.05, 3.63) is 10.5 Å². The largest absolute Gasteiger partial charge is 0.465 e. The molecule has 1 aromatic heterocycles. The summed E-state index contributed by atoms with van der Waals surface area (Å²) in [5.41, 5.74) is 0. The zero-order valence-electron chi connectivity index (χ0n) is 8.70. The first-order chi connectivity index (χ1) is 7.17. The minimum absolute atomic E-state index is 0.216. The van der Waals surface area contributed by atoms with E-state index >= 15 is 0 Å². The van der Waals surface area contributed by atoms with Gasteiger partial charge in [0.2, 0.25) is 0 Å². The van der Waals surface area contributed by atoms with Gasteiger partial charge in [-0.15, -0.1) is 11.3 Å². The third-order valence-electron chi connectivity index (χ3n) is 1.74. The molecule has 0 aliphatic carbocycles. The molecule has 0 radical (unpaired) electrons. The van der Waals surface area contributed by atoms with Crippen molar-refractivity contribution >= 4 is 34.0 Å². The van der Waals surface area contributed by atoms with Crippen molar-refractivity contribution in [2.75, 3.05) is 24.6 Å². The summed E-state index contributed by atoms with van der Waals surface area (Å²) in [7, 11) is 0. The van der Waals surface area contributed by atoms with Crippen LogP contribution < -0.4 is 4.90 Å². The van der Waals surface area contributed by atoms with Crippen LogP contribution in [0.5, 0.6) is 0 Å². The highest BCUT2D eigenvalue weighted by Gasteiger charge is 2.13. The lowest BCUT2D eigenvalue weighted by Gasteiger charge is -2.17. The highest BCUT2D eigenvalue weighted by Crippen LogP contribution is 2.22. The fraction of sp³-hybridized carbons (Fsp3) is 0.556. The maximum atomic E-state index is 11.3. The Balaban J connectivity index is 2.60. The van der Waals surface area contributed by atoms with Crippen LogP contribution in [0.3, 0.4) is 0 Å². The van der Waals surface area contributed by atoms with E-state index in [0.717, 1.165) is 5.13 Å². The number of likely N-dealkylation sites (N-methyl/N-ethyl adjacent to an activating group) is 1. The summed E-state index contributed by atoms with van der Waals surface area (Å²) in [6, 6.07) is 0. The smallest absolute Gasteiger partial charge is 0.325 e. The van der Waals surface area contributed by atoms with E-state index < -0.39 is 0 Å². The van der Waals surface area contributed by atoms with E-state index in [1.54, 1.807) is 12.3 Å². The highest BCUT2D eigenvalue weighted by molar-refractivity contribution is 7.14. The zero-order chi connectivity index (χ0) is 11.3. The van der Waals surface area contributed by atoms with E-state index in [2.05, 4.69) is 4.98 Å². The number of rotatable bonds is 5. The monoisotopic (exact) mass is 248 g/mol. The number of thiazole rings is 1. The second-order valence-electron chi connectivity index (χ2n) is 2.77. The summed E-state index contributed by atoms with van der Waals surface area (Å²) < 4.78 is 4.87. The topological polar surface area (TPSA) is 42.4 Å². The number of ether oxygens (including phenoxy) is 1. The lowest BCUT2D eigenvalue weighted by molar-refractivity contribution is -0.141. The molecule has 1 aromatic rings. The quantitative estimate of drug-likeness (QED) is 0.750. The van der Waals surface area contributed by atoms with Gasteiger partial charge in [-0.3, -0.25) is 4.79 Å². The number of halogens is 1. The third kappa shape index (κ3) is 3.68. The van der Waals surface area contributed by atoms with Crippen LogP contribution in [-0.4, -0.2) is 30.6 Å². The Morgan fingerprint density at radius 3 is 2.87 bits per heavy atom. The maximum absolute atomic E-state index is 11.3. The molecule has 0 saturated carbocycles. The van der Waals surface area contributed by atoms with Crippen LogP contribution in [0.15, 0.2) is 5.38 Å². The molecule has 1 heterocycles. The van der Waals surface area contributed by atoms with Crippen molar-refractivity contribution in [2.45, 2.75) is 13.8 Å². The molecule has 0 atom stereocenters. The van der Waals surface area contributed by atoms with Gasteiger partial charge >= 0.3 is 5.97 Å². The molecule has 0 aliphatic heterocycles. The number of esters is 1. The van der Waals surface area contributed by atoms with Gasteiger partial charge in [0.25, 0.3) is 0 Å². The number of nitrogens with zero attached hydrogens (tertiary/aromatic N) is 2. The molecule has 4 nitrogen and oxygen atoms in total. The molecule has 0 amide bonds. The third-order valence-corrected chi connectivity index (χ3v) is 2.97. The first kappa shape index (κ1) is 12.3. The predicted molar refractivity (Wildman–Crippen MR) is 61.6 cm³/mol. The SMILES string of the molecule is CCOC(=O)CN(CC)c1nc(Cl)cs1. The number of carbonyl (C=O) groups excluding carboxylic acids is 1. The molecule has 0 spiro atoms. The number of hydrogen-bond acceptors (Lipinski definition) is 5. The Hall–Kier alpha value is -0.810. The van der Waals surface area contributed by atoms with Gasteiger partial charge in [-0.1, -0.05) is 11.6 Å². The fourth-order valence-corrected chi connectivity index (χ4v) is 2.08. The molecule has 15 heavy (non-hydrogen) atoms. The molecule has 0 saturated heterocycles. The molecular weight excluding hydrogens is 236 g/mol. The fourth-order valence-electron chi connectivity index (χ4n) is 1.07. The van der Waals surface area contributed by atoms with E-state index in [1.807, 2.05) is 11.8 Å². The Labute approximate surface area is 97.8 Å². The molecule has 84 valence electrons. The number of aromatic nitrogens is 1. The summed E-state index contributed by atoms with van der Waals surface area (Å²) in [6.45, 7) is 5.05. The standard InChI is InChI=1S/C9H13ClN2O2S/c1-3-12(5-8(13)14-4-2)9-11-7(10)6-15-9/h6H,3-5H2,1-2H3. The number of anilines is 1. The van der Waals surface area contributed by atoms with Crippen molar-refractivity contribution in [2.24, 2.45) is 0 Å². The molecule has 0 fully saturated rings. The van der Waals surface area contributed by atoms with Crippen molar-refractivity contribution < 1.29 is 9.53 Å². The van der Waals surface area contributed by atoms with E-state index in [4.69, 9.17) is 16.3 Å². The van der Waals surface area contributed by atoms with Crippen LogP contribution in [0.4, 0.5) is 5.13 Å². The lowest BCUT2D eigenvalue weighted by Crippen LogP contribution is -2.30. The minimum atomic E-state index is -0.245. The lowest BCUT2D eigenvalue weighted by atomic mass is 10.5. The second kappa shape index (κ2) is 5.92. The molecule has 1 rings (SSSR count). The van der Waals surface area contributed by atoms with E-state index in [1.165, 1.54) is 11.3 Å². The summed E-state index contributed by atoms with van der Waals surface area (Å²) in [5, 5.41) is 2.94. The van der Waals surface area contributed by atoms with Gasteiger partial charge in [-0.25, -0.2) is 4.98 Å². The maximum Gasteiger partial charge on any atom is 0.325 e. The van der Waals surface area contributed by atoms with Gasteiger partial charge < -0.3 is 9.64 Å². The number of hydrogen-bond donors (Lipinski definition) is 0. The molecular formula is C9H13ClN2O2S. The molecule has 6 heteroatoms. The molecule has 0 aliphatic rings. The number of carbonyl (C=O) groups is 1. The van der Waals surface area contributed by atoms with Gasteiger partial charge in [0.15, 0.2) is 5.13 Å². The van der Waals surface area contributed by atoms with Crippen molar-refractivity contribution in [3.8, 4) is 0 Å². The zero-order valence-corrected chi connectivity index (χ0v) is 10.3. The van der Waals surface area contributed by atoms with Crippen LogP contribution in [0, 0.1) is 0 Å². The molecule has 0 aromatic carbocycles. The Bertz CT molecular complexity index is 330. The van der Waals surface area contributed by atoms with Gasteiger partial charge in [0.1, 0.15) is 11.7 Å². The van der Waals surface area contributed by atoms with Gasteiger partial charge in [-0.2, -0.15) is 0 Å². The van der Waals surface area contributed by atoms with Crippen LogP contribution in [0.1, 0.15) is 13.8 Å². The summed E-state index contributed by atoms with van der Waals surface area (Å²) in [6.07, 6.45) is 0. The van der Waals surface area contributed by atoms with Crippen molar-refractivity contribution in [1.29, 1.82) is 0 Å². The van der Waals surface area contributed by atoms with E-state index in [0.29, 0.717) is 18.3 Å². The predicted octanol–water partition coefficient (Wildman–Crippen LogP) is 2.19. The summed E-state index contributed by atoms with van der Waals surface area (Å²) in [4.78, 5) is 17.2. The van der Waals surface area contributed by atoms with Crippen LogP contribution in [-0.2, 0) is 9.53 Å². The van der Waals surface area contributed by atoms with Crippen molar-refractivity contribution in [3.63, 3.8) is 0 Å². The average Bonchev–Trinajstić information content (AvgIpc) is 2.61. The molecule has 0 unspecified atom stereocenters. The summed E-state index contributed by atoms with van der Waals surface area (Å²) >= 11 is 7.13. The van der Waals surface area contributed by atoms with E-state index in [9.17, 15) is 4.79 Å². The minimum Gasteiger partial charge on any atom is -0.465 e. The Morgan fingerprint density at radius 1 is 1.67 bits per heavy atom. The van der Waals surface area contributed by atoms with Crippen LogP contribution in [0.2, 0.25) is 5.15 Å². The van der Waals surface area contributed by atoms with Crippen LogP contribution in [0.25, 0.3) is 0 Å². The van der Waals surface area contributed by atoms with Crippen LogP contribution >= 0.6 is 22.9 Å². The Kier molecular flexibility index (Phi) is 4.84.